The summed E-state index contributed by atoms with van der Waals surface area (Å²) >= 11 is 5.68. The van der Waals surface area contributed by atoms with E-state index in [2.05, 4.69) is 11.4 Å². The minimum Gasteiger partial charge on any atom is -0.493 e. The first-order chi connectivity index (χ1) is 14.9. The quantitative estimate of drug-likeness (QED) is 0.468. The SMILES string of the molecule is COCCCOc1ccc2c(c1)C1(NC(=S)CC(CC(C)F)C1=O)C1(CCCCC1)C2. The van der Waals surface area contributed by atoms with Gasteiger partial charge in [0, 0.05) is 37.9 Å². The van der Waals surface area contributed by atoms with Gasteiger partial charge in [0.1, 0.15) is 11.3 Å². The molecular formula is C25H34FNO3S. The van der Waals surface area contributed by atoms with Crippen LogP contribution in [-0.4, -0.2) is 37.3 Å². The predicted molar refractivity (Wildman–Crippen MR) is 123 cm³/mol. The second-order valence-corrected chi connectivity index (χ2v) is 10.1. The van der Waals surface area contributed by atoms with Crippen LogP contribution in [0.4, 0.5) is 4.39 Å². The van der Waals surface area contributed by atoms with Crippen LogP contribution < -0.4 is 10.1 Å². The molecule has 1 saturated carbocycles. The Bertz CT molecular complexity index is 836. The summed E-state index contributed by atoms with van der Waals surface area (Å²) in [5, 5.41) is 3.55. The third kappa shape index (κ3) is 4.02. The summed E-state index contributed by atoms with van der Waals surface area (Å²) in [6.45, 7) is 2.75. The maximum Gasteiger partial charge on any atom is 0.166 e. The summed E-state index contributed by atoms with van der Waals surface area (Å²) in [4.78, 5) is 14.8. The highest BCUT2D eigenvalue weighted by Crippen LogP contribution is 2.60. The zero-order valence-corrected chi connectivity index (χ0v) is 19.5. The van der Waals surface area contributed by atoms with E-state index in [0.717, 1.165) is 49.8 Å². The maximum atomic E-state index is 14.1. The lowest BCUT2D eigenvalue weighted by Gasteiger charge is -2.52. The van der Waals surface area contributed by atoms with E-state index in [0.29, 0.717) is 24.6 Å². The second kappa shape index (κ2) is 9.14. The van der Waals surface area contributed by atoms with Crippen molar-refractivity contribution in [3.05, 3.63) is 29.3 Å². The first-order valence-corrected chi connectivity index (χ1v) is 12.1. The normalized spacial score (nSPS) is 27.9. The highest BCUT2D eigenvalue weighted by molar-refractivity contribution is 7.80. The monoisotopic (exact) mass is 447 g/mol. The average molecular weight is 448 g/mol. The number of hydrogen-bond acceptors (Lipinski definition) is 4. The van der Waals surface area contributed by atoms with Crippen molar-refractivity contribution in [1.82, 2.24) is 5.32 Å². The van der Waals surface area contributed by atoms with Crippen LogP contribution in [0.2, 0.25) is 0 Å². The number of Topliss-reactive ketones (excluding diaryl/α,β-unsaturated/α-hetero) is 1. The number of halogens is 1. The number of carbonyl (C=O) groups excluding carboxylic acids is 1. The van der Waals surface area contributed by atoms with Crippen LogP contribution in [0.5, 0.6) is 5.75 Å². The van der Waals surface area contributed by atoms with Gasteiger partial charge in [-0.05, 0) is 55.9 Å². The Morgan fingerprint density at radius 3 is 2.74 bits per heavy atom. The molecule has 31 heavy (non-hydrogen) atoms. The second-order valence-electron chi connectivity index (χ2n) is 9.61. The lowest BCUT2D eigenvalue weighted by atomic mass is 9.57. The van der Waals surface area contributed by atoms with Crippen LogP contribution in [0.1, 0.15) is 69.4 Å². The maximum absolute atomic E-state index is 14.1. The number of alkyl halides is 1. The van der Waals surface area contributed by atoms with Crippen molar-refractivity contribution in [1.29, 1.82) is 0 Å². The Kier molecular flexibility index (Phi) is 6.68. The molecule has 0 aromatic heterocycles. The molecule has 170 valence electrons. The fourth-order valence-electron chi connectivity index (χ4n) is 6.23. The van der Waals surface area contributed by atoms with Gasteiger partial charge in [-0.3, -0.25) is 4.79 Å². The zero-order chi connectivity index (χ0) is 22.1. The van der Waals surface area contributed by atoms with Gasteiger partial charge in [-0.2, -0.15) is 0 Å². The number of ketones is 1. The summed E-state index contributed by atoms with van der Waals surface area (Å²) in [6, 6.07) is 6.17. The summed E-state index contributed by atoms with van der Waals surface area (Å²) < 4.78 is 25.1. The van der Waals surface area contributed by atoms with Crippen LogP contribution in [0.3, 0.4) is 0 Å². The molecule has 0 amide bonds. The molecule has 4 nitrogen and oxygen atoms in total. The topological polar surface area (TPSA) is 47.6 Å². The summed E-state index contributed by atoms with van der Waals surface area (Å²) in [5.41, 5.74) is 1.15. The number of carbonyl (C=O) groups is 1. The van der Waals surface area contributed by atoms with Crippen LogP contribution in [-0.2, 0) is 21.5 Å². The van der Waals surface area contributed by atoms with Crippen LogP contribution in [0, 0.1) is 11.3 Å². The van der Waals surface area contributed by atoms with E-state index in [4.69, 9.17) is 21.7 Å². The Labute approximate surface area is 190 Å². The Morgan fingerprint density at radius 1 is 1.26 bits per heavy atom. The van der Waals surface area contributed by atoms with Crippen molar-refractivity contribution >= 4 is 23.0 Å². The van der Waals surface area contributed by atoms with Crippen LogP contribution >= 0.6 is 12.2 Å². The Hall–Kier alpha value is -1.53. The van der Waals surface area contributed by atoms with Crippen molar-refractivity contribution in [2.45, 2.75) is 76.4 Å². The van der Waals surface area contributed by atoms with Crippen molar-refractivity contribution in [3.63, 3.8) is 0 Å². The fraction of sp³-hybridized carbons (Fsp3) is 0.680. The van der Waals surface area contributed by atoms with Gasteiger partial charge in [0.05, 0.1) is 17.8 Å². The lowest BCUT2D eigenvalue weighted by Crippen LogP contribution is -2.65. The van der Waals surface area contributed by atoms with E-state index >= 15 is 0 Å². The number of benzene rings is 1. The molecule has 4 rings (SSSR count). The van der Waals surface area contributed by atoms with Gasteiger partial charge < -0.3 is 14.8 Å². The number of thiocarbonyl (C=S) groups is 1. The lowest BCUT2D eigenvalue weighted by molar-refractivity contribution is -0.138. The van der Waals surface area contributed by atoms with Crippen molar-refractivity contribution < 1.29 is 18.7 Å². The smallest absolute Gasteiger partial charge is 0.166 e. The molecule has 2 spiro atoms. The summed E-state index contributed by atoms with van der Waals surface area (Å²) in [5.74, 6) is 0.524. The first-order valence-electron chi connectivity index (χ1n) is 11.7. The molecule has 2 aliphatic carbocycles. The predicted octanol–water partition coefficient (Wildman–Crippen LogP) is 5.06. The molecule has 2 fully saturated rings. The number of piperidine rings is 1. The largest absolute Gasteiger partial charge is 0.493 e. The minimum atomic E-state index is -1.02. The van der Waals surface area contributed by atoms with Gasteiger partial charge in [-0.15, -0.1) is 0 Å². The molecule has 3 unspecified atom stereocenters. The van der Waals surface area contributed by atoms with Gasteiger partial charge in [0.2, 0.25) is 0 Å². The number of fused-ring (bicyclic) bond motifs is 3. The summed E-state index contributed by atoms with van der Waals surface area (Å²) in [6.07, 6.45) is 6.74. The fourth-order valence-corrected chi connectivity index (χ4v) is 6.58. The number of rotatable bonds is 7. The van der Waals surface area contributed by atoms with Crippen molar-refractivity contribution in [2.24, 2.45) is 11.3 Å². The molecule has 1 saturated heterocycles. The van der Waals surface area contributed by atoms with Gasteiger partial charge in [0.15, 0.2) is 5.78 Å². The van der Waals surface area contributed by atoms with E-state index in [9.17, 15) is 9.18 Å². The third-order valence-corrected chi connectivity index (χ3v) is 7.76. The van der Waals surface area contributed by atoms with Crippen molar-refractivity contribution in [3.8, 4) is 5.75 Å². The van der Waals surface area contributed by atoms with E-state index in [1.54, 1.807) is 7.11 Å². The third-order valence-electron chi connectivity index (χ3n) is 7.49. The molecule has 1 aromatic rings. The first kappa shape index (κ1) is 22.7. The highest BCUT2D eigenvalue weighted by atomic mass is 32.1. The molecule has 3 atom stereocenters. The van der Waals surface area contributed by atoms with E-state index in [-0.39, 0.29) is 23.5 Å². The Balaban J connectivity index is 1.75. The van der Waals surface area contributed by atoms with Gasteiger partial charge in [-0.25, -0.2) is 4.39 Å². The number of nitrogens with one attached hydrogen (secondary N) is 1. The van der Waals surface area contributed by atoms with E-state index in [1.807, 2.05) is 12.1 Å². The number of ether oxygens (including phenoxy) is 2. The molecule has 1 N–H and O–H groups in total. The average Bonchev–Trinajstić information content (AvgIpc) is 2.98. The molecule has 1 heterocycles. The summed E-state index contributed by atoms with van der Waals surface area (Å²) in [7, 11) is 1.68. The number of methoxy groups -OCH3 is 1. The highest BCUT2D eigenvalue weighted by Gasteiger charge is 2.64. The standard InChI is InChI=1S/C25H34FNO3S/c1-17(26)13-19-14-22(31)27-25(23(19)28)21-15-20(30-12-6-11-29-2)8-7-18(21)16-24(25)9-4-3-5-10-24/h7-8,15,17,19H,3-6,9-14,16H2,1-2H3,(H,27,31). The minimum absolute atomic E-state index is 0.128. The molecule has 1 aliphatic heterocycles. The van der Waals surface area contributed by atoms with Crippen LogP contribution in [0.15, 0.2) is 18.2 Å². The Morgan fingerprint density at radius 2 is 2.03 bits per heavy atom. The van der Waals surface area contributed by atoms with E-state index in [1.165, 1.54) is 18.9 Å². The molecular weight excluding hydrogens is 413 g/mol. The molecule has 1 aromatic carbocycles. The van der Waals surface area contributed by atoms with Gasteiger partial charge >= 0.3 is 0 Å². The van der Waals surface area contributed by atoms with E-state index < -0.39 is 11.7 Å². The van der Waals surface area contributed by atoms with Gasteiger partial charge in [-0.1, -0.05) is 37.5 Å². The van der Waals surface area contributed by atoms with Crippen molar-refractivity contribution in [2.75, 3.05) is 20.3 Å². The molecule has 0 bridgehead atoms. The van der Waals surface area contributed by atoms with Gasteiger partial charge in [0.25, 0.3) is 0 Å². The molecule has 6 heteroatoms. The number of hydrogen-bond donors (Lipinski definition) is 1. The molecule has 3 aliphatic rings. The zero-order valence-electron chi connectivity index (χ0n) is 18.7. The molecule has 0 radical (unpaired) electrons. The van der Waals surface area contributed by atoms with Crippen LogP contribution in [0.25, 0.3) is 0 Å².